The number of aryl methyl sites for hydroxylation is 1. The van der Waals surface area contributed by atoms with E-state index in [1.165, 1.54) is 11.8 Å². The number of anilines is 1. The number of hydrogen-bond donors (Lipinski definition) is 1. The van der Waals surface area contributed by atoms with E-state index in [9.17, 15) is 9.59 Å². The van der Waals surface area contributed by atoms with E-state index in [1.807, 2.05) is 31.2 Å². The number of amides is 2. The molecule has 3 aromatic rings. The Morgan fingerprint density at radius 2 is 1.79 bits per heavy atom. The van der Waals surface area contributed by atoms with Gasteiger partial charge in [0.1, 0.15) is 5.25 Å². The van der Waals surface area contributed by atoms with Crippen molar-refractivity contribution in [2.45, 2.75) is 25.0 Å². The van der Waals surface area contributed by atoms with Crippen molar-refractivity contribution >= 4 is 63.3 Å². The summed E-state index contributed by atoms with van der Waals surface area (Å²) < 4.78 is 10.7. The van der Waals surface area contributed by atoms with Gasteiger partial charge in [0.15, 0.2) is 16.7 Å². The second-order valence-corrected chi connectivity index (χ2v) is 10.6. The fourth-order valence-corrected chi connectivity index (χ4v) is 5.29. The topological polar surface area (TPSA) is 80.2 Å². The largest absolute Gasteiger partial charge is 0.493 e. The molecule has 3 aromatic carbocycles. The van der Waals surface area contributed by atoms with Gasteiger partial charge in [-0.3, -0.25) is 14.5 Å². The molecule has 1 unspecified atom stereocenters. The van der Waals surface area contributed by atoms with Crippen molar-refractivity contribution in [2.24, 2.45) is 4.99 Å². The maximum atomic E-state index is 13.3. The zero-order valence-electron chi connectivity index (χ0n) is 21.2. The summed E-state index contributed by atoms with van der Waals surface area (Å²) in [6.07, 6.45) is 0.604. The van der Waals surface area contributed by atoms with Crippen molar-refractivity contribution in [3.05, 3.63) is 81.8 Å². The van der Waals surface area contributed by atoms with Crippen molar-refractivity contribution < 1.29 is 19.1 Å². The van der Waals surface area contributed by atoms with Crippen LogP contribution in [0.4, 0.5) is 11.4 Å². The number of nitrogens with one attached hydrogen (secondary N) is 1. The molecular weight excluding hydrogens is 545 g/mol. The summed E-state index contributed by atoms with van der Waals surface area (Å²) in [4.78, 5) is 32.8. The van der Waals surface area contributed by atoms with Crippen LogP contribution >= 0.6 is 35.0 Å². The molecule has 38 heavy (non-hydrogen) atoms. The molecule has 1 fully saturated rings. The smallest absolute Gasteiger partial charge is 0.238 e. The number of halogens is 2. The van der Waals surface area contributed by atoms with Gasteiger partial charge in [-0.05, 0) is 73.0 Å². The molecule has 0 aromatic heterocycles. The molecule has 4 rings (SSSR count). The molecule has 2 amide bonds. The Bertz CT molecular complexity index is 1360. The number of thioether (sulfide) groups is 1. The van der Waals surface area contributed by atoms with Crippen LogP contribution in [-0.2, 0) is 16.0 Å². The van der Waals surface area contributed by atoms with Gasteiger partial charge < -0.3 is 14.8 Å². The molecule has 198 valence electrons. The van der Waals surface area contributed by atoms with Crippen LogP contribution in [0, 0.1) is 6.92 Å². The third-order valence-electron chi connectivity index (χ3n) is 5.99. The van der Waals surface area contributed by atoms with Gasteiger partial charge >= 0.3 is 0 Å². The normalized spacial score (nSPS) is 16.4. The zero-order valence-corrected chi connectivity index (χ0v) is 23.5. The minimum absolute atomic E-state index is 0.0433. The average Bonchev–Trinajstić information content (AvgIpc) is 2.91. The molecule has 1 heterocycles. The van der Waals surface area contributed by atoms with Crippen molar-refractivity contribution in [3.8, 4) is 11.5 Å². The SMILES string of the molecule is COc1ccc(CCN2C(=O)CC(C(=O)Nc3ccc(C)c(Cl)c3)SC2=Nc2ccc(Cl)cc2)cc1OC. The van der Waals surface area contributed by atoms with Crippen molar-refractivity contribution in [1.82, 2.24) is 4.90 Å². The van der Waals surface area contributed by atoms with Crippen molar-refractivity contribution in [3.63, 3.8) is 0 Å². The number of methoxy groups -OCH3 is 2. The molecule has 1 atom stereocenters. The van der Waals surface area contributed by atoms with Gasteiger partial charge in [0.05, 0.1) is 19.9 Å². The molecule has 0 spiro atoms. The number of amidine groups is 1. The van der Waals surface area contributed by atoms with E-state index in [2.05, 4.69) is 5.32 Å². The van der Waals surface area contributed by atoms with Gasteiger partial charge in [-0.1, -0.05) is 47.1 Å². The molecule has 0 aliphatic carbocycles. The van der Waals surface area contributed by atoms with E-state index in [-0.39, 0.29) is 18.2 Å². The first-order valence-electron chi connectivity index (χ1n) is 11.9. The number of hydrogen-bond acceptors (Lipinski definition) is 6. The highest BCUT2D eigenvalue weighted by molar-refractivity contribution is 8.15. The van der Waals surface area contributed by atoms with Crippen LogP contribution in [0.5, 0.6) is 11.5 Å². The monoisotopic (exact) mass is 571 g/mol. The van der Waals surface area contributed by atoms with Crippen molar-refractivity contribution in [2.75, 3.05) is 26.1 Å². The molecule has 0 radical (unpaired) electrons. The second-order valence-electron chi connectivity index (χ2n) is 8.62. The Balaban J connectivity index is 1.55. The predicted molar refractivity (Wildman–Crippen MR) is 154 cm³/mol. The predicted octanol–water partition coefficient (Wildman–Crippen LogP) is 6.52. The number of carbonyl (C=O) groups is 2. The number of benzene rings is 3. The quantitative estimate of drug-likeness (QED) is 0.333. The lowest BCUT2D eigenvalue weighted by Gasteiger charge is -2.32. The van der Waals surface area contributed by atoms with Crippen LogP contribution in [0.1, 0.15) is 17.5 Å². The number of ether oxygens (including phenoxy) is 2. The molecule has 0 bridgehead atoms. The van der Waals surface area contributed by atoms with E-state index < -0.39 is 5.25 Å². The van der Waals surface area contributed by atoms with Crippen LogP contribution in [0.15, 0.2) is 65.7 Å². The maximum Gasteiger partial charge on any atom is 0.238 e. The highest BCUT2D eigenvalue weighted by Gasteiger charge is 2.36. The van der Waals surface area contributed by atoms with Crippen LogP contribution in [0.3, 0.4) is 0 Å². The summed E-state index contributed by atoms with van der Waals surface area (Å²) in [5, 5.41) is 3.82. The third kappa shape index (κ3) is 6.81. The van der Waals surface area contributed by atoms with E-state index in [0.29, 0.717) is 51.1 Å². The molecule has 1 aliphatic heterocycles. The lowest BCUT2D eigenvalue weighted by Crippen LogP contribution is -2.46. The minimum Gasteiger partial charge on any atom is -0.493 e. The minimum atomic E-state index is -0.647. The van der Waals surface area contributed by atoms with Gasteiger partial charge in [-0.2, -0.15) is 0 Å². The molecule has 1 aliphatic rings. The Labute approximate surface area is 236 Å². The molecule has 0 saturated carbocycles. The summed E-state index contributed by atoms with van der Waals surface area (Å²) in [6, 6.07) is 18.0. The van der Waals surface area contributed by atoms with E-state index >= 15 is 0 Å². The van der Waals surface area contributed by atoms with Gasteiger partial charge in [-0.25, -0.2) is 4.99 Å². The van der Waals surface area contributed by atoms with Crippen LogP contribution in [0.2, 0.25) is 10.0 Å². The van der Waals surface area contributed by atoms with Crippen molar-refractivity contribution in [1.29, 1.82) is 0 Å². The van der Waals surface area contributed by atoms with E-state index in [4.69, 9.17) is 37.7 Å². The standard InChI is InChI=1S/C28H27Cl2N3O4S/c1-17-4-8-21(15-22(17)30)31-27(35)25-16-26(34)33(28(38-25)32-20-9-6-19(29)7-10-20)13-12-18-5-11-23(36-2)24(14-18)37-3/h4-11,14-15,25H,12-13,16H2,1-3H3,(H,31,35). The van der Waals surface area contributed by atoms with Gasteiger partial charge in [0.2, 0.25) is 11.8 Å². The van der Waals surface area contributed by atoms with Gasteiger partial charge in [0.25, 0.3) is 0 Å². The summed E-state index contributed by atoms with van der Waals surface area (Å²) in [5.41, 5.74) is 3.09. The lowest BCUT2D eigenvalue weighted by molar-refractivity contribution is -0.129. The Kier molecular flexibility index (Phi) is 9.20. The number of rotatable bonds is 8. The fraction of sp³-hybridized carbons (Fsp3) is 0.250. The first-order chi connectivity index (χ1) is 18.3. The molecule has 7 nitrogen and oxygen atoms in total. The molecule has 10 heteroatoms. The highest BCUT2D eigenvalue weighted by Crippen LogP contribution is 2.32. The summed E-state index contributed by atoms with van der Waals surface area (Å²) >= 11 is 13.5. The summed E-state index contributed by atoms with van der Waals surface area (Å²) in [7, 11) is 3.17. The Morgan fingerprint density at radius 1 is 1.05 bits per heavy atom. The van der Waals surface area contributed by atoms with E-state index in [1.54, 1.807) is 55.5 Å². The fourth-order valence-electron chi connectivity index (χ4n) is 3.86. The third-order valence-corrected chi connectivity index (χ3v) is 7.84. The molecule has 1 saturated heterocycles. The first-order valence-corrected chi connectivity index (χ1v) is 13.5. The summed E-state index contributed by atoms with van der Waals surface area (Å²) in [6.45, 7) is 2.27. The molecule has 1 N–H and O–H groups in total. The number of carbonyl (C=O) groups excluding carboxylic acids is 2. The number of aliphatic imine (C=N–C) groups is 1. The average molecular weight is 573 g/mol. The summed E-state index contributed by atoms with van der Waals surface area (Å²) in [5.74, 6) is 0.785. The van der Waals surface area contributed by atoms with Gasteiger partial charge in [-0.15, -0.1) is 0 Å². The maximum absolute atomic E-state index is 13.3. The van der Waals surface area contributed by atoms with Crippen LogP contribution in [0.25, 0.3) is 0 Å². The molecular formula is C28H27Cl2N3O4S. The number of nitrogens with zero attached hydrogens (tertiary/aromatic N) is 2. The Morgan fingerprint density at radius 3 is 2.47 bits per heavy atom. The highest BCUT2D eigenvalue weighted by atomic mass is 35.5. The first kappa shape index (κ1) is 27.8. The Hall–Kier alpha value is -3.20. The van der Waals surface area contributed by atoms with Crippen LogP contribution < -0.4 is 14.8 Å². The van der Waals surface area contributed by atoms with E-state index in [0.717, 1.165) is 11.1 Å². The van der Waals surface area contributed by atoms with Crippen LogP contribution in [-0.4, -0.2) is 47.9 Å². The van der Waals surface area contributed by atoms with Gasteiger partial charge in [0, 0.05) is 28.7 Å². The second kappa shape index (κ2) is 12.6. The zero-order chi connectivity index (χ0) is 27.2. The lowest BCUT2D eigenvalue weighted by atomic mass is 10.1.